The van der Waals surface area contributed by atoms with Gasteiger partial charge in [0.25, 0.3) is 5.56 Å². The van der Waals surface area contributed by atoms with Crippen LogP contribution in [0.2, 0.25) is 0 Å². The van der Waals surface area contributed by atoms with Crippen molar-refractivity contribution in [2.45, 2.75) is 0 Å². The van der Waals surface area contributed by atoms with E-state index in [0.717, 1.165) is 43.9 Å². The minimum atomic E-state index is -0.0803. The van der Waals surface area contributed by atoms with Gasteiger partial charge >= 0.3 is 0 Å². The maximum absolute atomic E-state index is 12.4. The Balaban J connectivity index is 1.69. The highest BCUT2D eigenvalue weighted by atomic mass is 79.9. The Morgan fingerprint density at radius 2 is 2.14 bits per heavy atom. The highest BCUT2D eigenvalue weighted by Gasteiger charge is 2.10. The van der Waals surface area contributed by atoms with E-state index in [4.69, 9.17) is 4.74 Å². The lowest BCUT2D eigenvalue weighted by atomic mass is 10.4. The first kappa shape index (κ1) is 14.5. The normalized spacial score (nSPS) is 16.2. The van der Waals surface area contributed by atoms with E-state index in [2.05, 4.69) is 31.1 Å². The van der Waals surface area contributed by atoms with Crippen LogP contribution in [-0.2, 0) is 4.74 Å². The number of halogens is 1. The molecule has 0 aliphatic carbocycles. The maximum Gasteiger partial charge on any atom is 0.281 e. The number of pyridine rings is 1. The molecule has 0 amide bonds. The van der Waals surface area contributed by atoms with Crippen molar-refractivity contribution >= 4 is 27.3 Å². The summed E-state index contributed by atoms with van der Waals surface area (Å²) in [5.74, 6) is 0. The molecule has 1 N–H and O–H groups in total. The molecule has 2 aromatic heterocycles. The molecule has 1 saturated heterocycles. The van der Waals surface area contributed by atoms with Gasteiger partial charge in [-0.1, -0.05) is 0 Å². The van der Waals surface area contributed by atoms with E-state index in [9.17, 15) is 4.79 Å². The van der Waals surface area contributed by atoms with E-state index >= 15 is 0 Å². The molecule has 112 valence electrons. The van der Waals surface area contributed by atoms with Gasteiger partial charge in [-0.15, -0.1) is 0 Å². The highest BCUT2D eigenvalue weighted by Crippen LogP contribution is 2.10. The predicted molar refractivity (Wildman–Crippen MR) is 84.9 cm³/mol. The lowest BCUT2D eigenvalue weighted by Crippen LogP contribution is -2.39. The molecule has 1 aliphatic heterocycles. The van der Waals surface area contributed by atoms with E-state index in [-0.39, 0.29) is 5.56 Å². The van der Waals surface area contributed by atoms with Crippen molar-refractivity contribution in [1.82, 2.24) is 14.3 Å². The van der Waals surface area contributed by atoms with Crippen LogP contribution in [0.1, 0.15) is 0 Å². The second-order valence-electron chi connectivity index (χ2n) is 4.93. The molecular weight excluding hydrogens is 336 g/mol. The van der Waals surface area contributed by atoms with E-state index in [1.807, 2.05) is 12.1 Å². The van der Waals surface area contributed by atoms with Gasteiger partial charge in [-0.25, -0.2) is 4.98 Å². The van der Waals surface area contributed by atoms with Gasteiger partial charge in [0.2, 0.25) is 0 Å². The first-order valence-corrected chi connectivity index (χ1v) is 7.74. The molecule has 7 heteroatoms. The molecular formula is C14H17BrN4O2. The molecule has 3 rings (SSSR count). The second-order valence-corrected chi connectivity index (χ2v) is 5.85. The summed E-state index contributed by atoms with van der Waals surface area (Å²) in [5.41, 5.74) is 1.09. The van der Waals surface area contributed by atoms with Crippen molar-refractivity contribution in [3.05, 3.63) is 39.4 Å². The summed E-state index contributed by atoms with van der Waals surface area (Å²) in [6.45, 7) is 5.08. The summed E-state index contributed by atoms with van der Waals surface area (Å²) >= 11 is 3.37. The van der Waals surface area contributed by atoms with Gasteiger partial charge in [-0.05, 0) is 28.1 Å². The van der Waals surface area contributed by atoms with Crippen LogP contribution in [-0.4, -0.2) is 53.7 Å². The zero-order valence-corrected chi connectivity index (χ0v) is 13.2. The first-order chi connectivity index (χ1) is 10.2. The van der Waals surface area contributed by atoms with Crippen LogP contribution >= 0.6 is 15.9 Å². The zero-order valence-electron chi connectivity index (χ0n) is 11.6. The zero-order chi connectivity index (χ0) is 14.7. The Hall–Kier alpha value is -1.44. The lowest BCUT2D eigenvalue weighted by Gasteiger charge is -2.26. The van der Waals surface area contributed by atoms with E-state index < -0.39 is 0 Å². The van der Waals surface area contributed by atoms with Gasteiger partial charge in [0, 0.05) is 36.8 Å². The molecule has 6 nitrogen and oxygen atoms in total. The number of aromatic nitrogens is 2. The summed E-state index contributed by atoms with van der Waals surface area (Å²) < 4.78 is 7.71. The number of hydrogen-bond donors (Lipinski definition) is 1. The highest BCUT2D eigenvalue weighted by molar-refractivity contribution is 9.10. The topological polar surface area (TPSA) is 58.9 Å². The van der Waals surface area contributed by atoms with E-state index in [1.54, 1.807) is 16.8 Å². The molecule has 0 saturated carbocycles. The minimum absolute atomic E-state index is 0.0803. The van der Waals surface area contributed by atoms with E-state index in [0.29, 0.717) is 11.3 Å². The monoisotopic (exact) mass is 352 g/mol. The average molecular weight is 353 g/mol. The van der Waals surface area contributed by atoms with Crippen LogP contribution in [0.5, 0.6) is 0 Å². The number of hydrogen-bond acceptors (Lipinski definition) is 5. The van der Waals surface area contributed by atoms with Gasteiger partial charge in [0.15, 0.2) is 0 Å². The molecule has 0 unspecified atom stereocenters. The quantitative estimate of drug-likeness (QED) is 0.895. The number of nitrogens with one attached hydrogen (secondary N) is 1. The van der Waals surface area contributed by atoms with Crippen molar-refractivity contribution < 1.29 is 4.74 Å². The molecule has 0 bridgehead atoms. The SMILES string of the molecule is O=c1c(NCCN2CCOCC2)cnc2ccc(Br)cn12. The van der Waals surface area contributed by atoms with E-state index in [1.165, 1.54) is 0 Å². The van der Waals surface area contributed by atoms with Gasteiger partial charge in [0.05, 0.1) is 19.4 Å². The maximum atomic E-state index is 12.4. The fourth-order valence-electron chi connectivity index (χ4n) is 2.35. The number of nitrogens with zero attached hydrogens (tertiary/aromatic N) is 3. The molecule has 0 spiro atoms. The Labute approximate surface area is 130 Å². The molecule has 2 aromatic rings. The molecule has 0 aromatic carbocycles. The molecule has 0 atom stereocenters. The first-order valence-electron chi connectivity index (χ1n) is 6.95. The lowest BCUT2D eigenvalue weighted by molar-refractivity contribution is 0.0398. The van der Waals surface area contributed by atoms with Crippen LogP contribution in [0.4, 0.5) is 5.69 Å². The third-order valence-corrected chi connectivity index (χ3v) is 3.98. The van der Waals surface area contributed by atoms with Gasteiger partial charge in [0.1, 0.15) is 11.3 Å². The molecule has 21 heavy (non-hydrogen) atoms. The second kappa shape index (κ2) is 6.55. The predicted octanol–water partition coefficient (Wildman–Crippen LogP) is 1.20. The third kappa shape index (κ3) is 3.42. The minimum Gasteiger partial charge on any atom is -0.379 e. The fourth-order valence-corrected chi connectivity index (χ4v) is 2.68. The number of ether oxygens (including phenoxy) is 1. The van der Waals surface area contributed by atoms with Gasteiger partial charge in [-0.2, -0.15) is 0 Å². The van der Waals surface area contributed by atoms with Crippen LogP contribution in [0.15, 0.2) is 33.8 Å². The number of anilines is 1. The number of morpholine rings is 1. The van der Waals surface area contributed by atoms with Crippen LogP contribution in [0.3, 0.4) is 0 Å². The smallest absolute Gasteiger partial charge is 0.281 e. The Morgan fingerprint density at radius 1 is 1.33 bits per heavy atom. The summed E-state index contributed by atoms with van der Waals surface area (Å²) in [7, 11) is 0. The Kier molecular flexibility index (Phi) is 4.52. The summed E-state index contributed by atoms with van der Waals surface area (Å²) in [4.78, 5) is 19.0. The molecule has 1 fully saturated rings. The van der Waals surface area contributed by atoms with Crippen molar-refractivity contribution in [3.8, 4) is 0 Å². The van der Waals surface area contributed by atoms with Crippen molar-refractivity contribution in [2.24, 2.45) is 0 Å². The average Bonchev–Trinajstić information content (AvgIpc) is 2.51. The van der Waals surface area contributed by atoms with Crippen molar-refractivity contribution in [1.29, 1.82) is 0 Å². The van der Waals surface area contributed by atoms with Crippen LogP contribution < -0.4 is 10.9 Å². The summed E-state index contributed by atoms with van der Waals surface area (Å²) in [6.07, 6.45) is 3.34. The number of fused-ring (bicyclic) bond motifs is 1. The standard InChI is InChI=1S/C14H17BrN4O2/c15-11-1-2-13-17-9-12(14(20)19(13)10-11)16-3-4-18-5-7-21-8-6-18/h1-2,9-10,16H,3-8H2. The van der Waals surface area contributed by atoms with Crippen LogP contribution in [0, 0.1) is 0 Å². The van der Waals surface area contributed by atoms with Crippen molar-refractivity contribution in [3.63, 3.8) is 0 Å². The third-order valence-electron chi connectivity index (χ3n) is 3.51. The molecule has 1 aliphatic rings. The Morgan fingerprint density at radius 3 is 2.95 bits per heavy atom. The Bertz CT molecular complexity index is 682. The van der Waals surface area contributed by atoms with Gasteiger partial charge < -0.3 is 10.1 Å². The van der Waals surface area contributed by atoms with Crippen molar-refractivity contribution in [2.75, 3.05) is 44.7 Å². The number of rotatable bonds is 4. The fraction of sp³-hybridized carbons (Fsp3) is 0.429. The molecule has 0 radical (unpaired) electrons. The molecule has 3 heterocycles. The summed E-state index contributed by atoms with van der Waals surface area (Å²) in [5, 5.41) is 3.18. The van der Waals surface area contributed by atoms with Crippen LogP contribution in [0.25, 0.3) is 5.65 Å². The van der Waals surface area contributed by atoms with Gasteiger partial charge in [-0.3, -0.25) is 14.1 Å². The largest absolute Gasteiger partial charge is 0.379 e. The summed E-state index contributed by atoms with van der Waals surface area (Å²) in [6, 6.07) is 3.68.